The van der Waals surface area contributed by atoms with Crippen LogP contribution in [0, 0.1) is 0 Å². The summed E-state index contributed by atoms with van der Waals surface area (Å²) in [5.41, 5.74) is 1.13. The molecule has 2 aliphatic rings. The second kappa shape index (κ2) is 4.78. The fraction of sp³-hybridized carbons (Fsp3) is 0.500. The number of para-hydroxylation sites is 1. The van der Waals surface area contributed by atoms with E-state index in [0.29, 0.717) is 0 Å². The van der Waals surface area contributed by atoms with Gasteiger partial charge < -0.3 is 4.90 Å². The number of anilines is 1. The third kappa shape index (κ3) is 2.43. The van der Waals surface area contributed by atoms with Crippen LogP contribution in [-0.4, -0.2) is 23.3 Å². The molecule has 0 amide bonds. The lowest BCUT2D eigenvalue weighted by Crippen LogP contribution is -2.18. The van der Waals surface area contributed by atoms with Crippen molar-refractivity contribution >= 4 is 16.7 Å². The average Bonchev–Trinajstić information content (AvgIpc) is 3.04. The van der Waals surface area contributed by atoms with Crippen LogP contribution in [0.1, 0.15) is 32.1 Å². The molecule has 90 valence electrons. The van der Waals surface area contributed by atoms with Gasteiger partial charge in [0.1, 0.15) is 0 Å². The Morgan fingerprint density at radius 1 is 0.941 bits per heavy atom. The van der Waals surface area contributed by atoms with E-state index in [-0.39, 0.29) is 0 Å². The highest BCUT2D eigenvalue weighted by Gasteiger charge is 2.16. The highest BCUT2D eigenvalue weighted by atomic mass is 15.3. The van der Waals surface area contributed by atoms with Crippen molar-refractivity contribution in [1.29, 1.82) is 0 Å². The monoisotopic (exact) mass is 229 g/mol. The largest absolute Gasteiger partial charge is 0.355 e. The minimum absolute atomic E-state index is 1.12. The van der Waals surface area contributed by atoms with E-state index in [0.717, 1.165) is 24.4 Å². The van der Waals surface area contributed by atoms with Crippen LogP contribution in [0.2, 0.25) is 0 Å². The molecule has 2 heterocycles. The Labute approximate surface area is 102 Å². The number of aromatic amines is 1. The first-order chi connectivity index (χ1) is 8.45. The van der Waals surface area contributed by atoms with Crippen molar-refractivity contribution < 1.29 is 0 Å². The average molecular weight is 229 g/mol. The van der Waals surface area contributed by atoms with Crippen LogP contribution >= 0.6 is 0 Å². The number of hydrogen-bond donors (Lipinski definition) is 1. The number of nitrogens with one attached hydrogen (secondary N) is 1. The number of benzene rings is 1. The van der Waals surface area contributed by atoms with E-state index in [1.165, 1.54) is 37.5 Å². The predicted molar refractivity (Wildman–Crippen MR) is 71.4 cm³/mol. The summed E-state index contributed by atoms with van der Waals surface area (Å²) in [7, 11) is 0. The molecule has 3 heteroatoms. The number of nitrogens with zero attached hydrogens (tertiary/aromatic N) is 2. The van der Waals surface area contributed by atoms with Gasteiger partial charge in [-0.05, 0) is 25.0 Å². The van der Waals surface area contributed by atoms with Gasteiger partial charge in [0.25, 0.3) is 0 Å². The molecule has 0 unspecified atom stereocenters. The van der Waals surface area contributed by atoms with Crippen LogP contribution in [0.15, 0.2) is 24.3 Å². The molecule has 3 nitrogen and oxygen atoms in total. The number of fused-ring (bicyclic) bond motifs is 1. The minimum atomic E-state index is 1.12. The summed E-state index contributed by atoms with van der Waals surface area (Å²) in [6.07, 6.45) is 7.09. The van der Waals surface area contributed by atoms with Crippen molar-refractivity contribution in [3.05, 3.63) is 24.3 Å². The van der Waals surface area contributed by atoms with Gasteiger partial charge in [-0.1, -0.05) is 31.4 Å². The summed E-state index contributed by atoms with van der Waals surface area (Å²) in [5, 5.41) is 8.70. The molecular formula is C14H19N3. The van der Waals surface area contributed by atoms with E-state index in [9.17, 15) is 0 Å². The Balaban J connectivity index is 0.000000264. The van der Waals surface area contributed by atoms with Crippen LogP contribution < -0.4 is 4.90 Å². The third-order valence-corrected chi connectivity index (χ3v) is 3.21. The molecule has 1 saturated carbocycles. The lowest BCUT2D eigenvalue weighted by Gasteiger charge is -2.13. The summed E-state index contributed by atoms with van der Waals surface area (Å²) in [6, 6.07) is 8.31. The molecular weight excluding hydrogens is 210 g/mol. The van der Waals surface area contributed by atoms with Gasteiger partial charge in [0.2, 0.25) is 0 Å². The van der Waals surface area contributed by atoms with Gasteiger partial charge in [-0.25, -0.2) is 0 Å². The molecule has 1 aliphatic heterocycles. The zero-order chi connectivity index (χ0) is 11.5. The number of rotatable bonds is 1. The maximum absolute atomic E-state index is 4.38. The van der Waals surface area contributed by atoms with Crippen LogP contribution in [0.25, 0.3) is 10.9 Å². The minimum Gasteiger partial charge on any atom is -0.355 e. The second-order valence-corrected chi connectivity index (χ2v) is 4.85. The summed E-state index contributed by atoms with van der Waals surface area (Å²) in [6.45, 7) is 2.30. The van der Waals surface area contributed by atoms with E-state index in [1.54, 1.807) is 0 Å². The first-order valence-electron chi connectivity index (χ1n) is 6.63. The standard InChI is InChI=1S/C11H13N3.C3H6/c1-2-6-10-9(5-1)11(13-12-10)14-7-3-4-8-14;1-2-3-1/h1-2,5-6H,3-4,7-8H2,(H,12,13);1-3H2. The topological polar surface area (TPSA) is 31.9 Å². The maximum atomic E-state index is 4.38. The van der Waals surface area contributed by atoms with Crippen molar-refractivity contribution in [1.82, 2.24) is 10.2 Å². The maximum Gasteiger partial charge on any atom is 0.158 e. The Morgan fingerprint density at radius 3 is 2.35 bits per heavy atom. The zero-order valence-corrected chi connectivity index (χ0v) is 10.2. The van der Waals surface area contributed by atoms with Crippen molar-refractivity contribution in [2.24, 2.45) is 0 Å². The van der Waals surface area contributed by atoms with Crippen LogP contribution in [0.3, 0.4) is 0 Å². The number of aromatic nitrogens is 2. The molecule has 1 N–H and O–H groups in total. The van der Waals surface area contributed by atoms with E-state index in [2.05, 4.69) is 33.3 Å². The Kier molecular flexibility index (Phi) is 2.99. The van der Waals surface area contributed by atoms with Gasteiger partial charge in [-0.2, -0.15) is 5.10 Å². The van der Waals surface area contributed by atoms with Crippen molar-refractivity contribution in [3.63, 3.8) is 0 Å². The van der Waals surface area contributed by atoms with Crippen LogP contribution in [0.5, 0.6) is 0 Å². The second-order valence-electron chi connectivity index (χ2n) is 4.85. The SMILES string of the molecule is C1CC1.c1ccc2c(N3CCCC3)n[nH]c2c1. The molecule has 2 fully saturated rings. The van der Waals surface area contributed by atoms with Gasteiger partial charge in [-0.15, -0.1) is 0 Å². The molecule has 1 aromatic heterocycles. The van der Waals surface area contributed by atoms with Gasteiger partial charge in [0, 0.05) is 18.5 Å². The fourth-order valence-corrected chi connectivity index (χ4v) is 2.12. The molecule has 17 heavy (non-hydrogen) atoms. The van der Waals surface area contributed by atoms with E-state index < -0.39 is 0 Å². The number of hydrogen-bond acceptors (Lipinski definition) is 2. The molecule has 2 aromatic rings. The molecule has 1 aliphatic carbocycles. The van der Waals surface area contributed by atoms with Gasteiger partial charge in [0.05, 0.1) is 5.52 Å². The highest BCUT2D eigenvalue weighted by molar-refractivity contribution is 5.90. The summed E-state index contributed by atoms with van der Waals surface area (Å²) in [4.78, 5) is 2.36. The van der Waals surface area contributed by atoms with Crippen molar-refractivity contribution in [2.45, 2.75) is 32.1 Å². The zero-order valence-electron chi connectivity index (χ0n) is 10.2. The lowest BCUT2D eigenvalue weighted by molar-refractivity contribution is 0.926. The van der Waals surface area contributed by atoms with Crippen LogP contribution in [-0.2, 0) is 0 Å². The van der Waals surface area contributed by atoms with Gasteiger partial charge in [-0.3, -0.25) is 5.10 Å². The Bertz CT molecular complexity index is 478. The predicted octanol–water partition coefficient (Wildman–Crippen LogP) is 3.33. The molecule has 1 saturated heterocycles. The Morgan fingerprint density at radius 2 is 1.65 bits per heavy atom. The van der Waals surface area contributed by atoms with Crippen LogP contribution in [0.4, 0.5) is 5.82 Å². The molecule has 0 radical (unpaired) electrons. The molecule has 0 atom stereocenters. The smallest absolute Gasteiger partial charge is 0.158 e. The third-order valence-electron chi connectivity index (χ3n) is 3.21. The summed E-state index contributed by atoms with van der Waals surface area (Å²) < 4.78 is 0. The van der Waals surface area contributed by atoms with Crippen molar-refractivity contribution in [3.8, 4) is 0 Å². The first kappa shape index (κ1) is 10.6. The fourth-order valence-electron chi connectivity index (χ4n) is 2.12. The molecule has 0 bridgehead atoms. The van der Waals surface area contributed by atoms with Gasteiger partial charge in [0.15, 0.2) is 5.82 Å². The molecule has 0 spiro atoms. The van der Waals surface area contributed by atoms with E-state index >= 15 is 0 Å². The van der Waals surface area contributed by atoms with E-state index in [1.807, 2.05) is 6.07 Å². The molecule has 4 rings (SSSR count). The van der Waals surface area contributed by atoms with E-state index in [4.69, 9.17) is 0 Å². The Hall–Kier alpha value is -1.51. The highest BCUT2D eigenvalue weighted by Crippen LogP contribution is 2.26. The normalized spacial score (nSPS) is 18.0. The summed E-state index contributed by atoms with van der Waals surface area (Å²) in [5.74, 6) is 1.12. The van der Waals surface area contributed by atoms with Crippen molar-refractivity contribution in [2.75, 3.05) is 18.0 Å². The quantitative estimate of drug-likeness (QED) is 0.813. The molecule has 1 aromatic carbocycles. The first-order valence-corrected chi connectivity index (χ1v) is 6.63. The number of H-pyrrole nitrogens is 1. The van der Waals surface area contributed by atoms with Gasteiger partial charge >= 0.3 is 0 Å². The summed E-state index contributed by atoms with van der Waals surface area (Å²) >= 11 is 0. The lowest BCUT2D eigenvalue weighted by atomic mass is 10.2.